The van der Waals surface area contributed by atoms with E-state index in [1.54, 1.807) is 76.5 Å². The largest absolute Gasteiger partial charge is 0.476 e. The Labute approximate surface area is 174 Å². The van der Waals surface area contributed by atoms with Gasteiger partial charge < -0.3 is 19.7 Å². The predicted molar refractivity (Wildman–Crippen MR) is 110 cm³/mol. The Kier molecular flexibility index (Phi) is 7.23. The van der Waals surface area contributed by atoms with Crippen molar-refractivity contribution in [1.82, 2.24) is 4.90 Å². The highest BCUT2D eigenvalue weighted by Crippen LogP contribution is 2.21. The zero-order valence-electron chi connectivity index (χ0n) is 16.7. The molecule has 0 unspecified atom stereocenters. The summed E-state index contributed by atoms with van der Waals surface area (Å²) in [6.45, 7) is 2.62. The number of nitrogens with zero attached hydrogens (tertiary/aromatic N) is 1. The zero-order chi connectivity index (χ0) is 21.6. The third-order valence-electron chi connectivity index (χ3n) is 3.83. The van der Waals surface area contributed by atoms with E-state index in [0.29, 0.717) is 22.0 Å². The summed E-state index contributed by atoms with van der Waals surface area (Å²) < 4.78 is 10.7. The number of anilines is 1. The molecular weight excluding hydrogens is 396 g/mol. The van der Waals surface area contributed by atoms with Gasteiger partial charge in [-0.05, 0) is 62.4 Å². The summed E-state index contributed by atoms with van der Waals surface area (Å²) >= 11 is 5.82. The van der Waals surface area contributed by atoms with Crippen molar-refractivity contribution in [2.45, 2.75) is 19.4 Å². The second kappa shape index (κ2) is 9.43. The maximum absolute atomic E-state index is 12.3. The molecule has 2 aromatic carbocycles. The highest BCUT2D eigenvalue weighted by molar-refractivity contribution is 6.30. The molecule has 0 saturated carbocycles. The Morgan fingerprint density at radius 1 is 1.00 bits per heavy atom. The normalized spacial score (nSPS) is 10.8. The van der Waals surface area contributed by atoms with Gasteiger partial charge >= 0.3 is 5.97 Å². The molecule has 0 aliphatic rings. The molecule has 0 heterocycles. The van der Waals surface area contributed by atoms with Crippen molar-refractivity contribution in [3.63, 3.8) is 0 Å². The van der Waals surface area contributed by atoms with E-state index in [1.807, 2.05) is 0 Å². The van der Waals surface area contributed by atoms with Crippen LogP contribution >= 0.6 is 11.6 Å². The molecule has 29 heavy (non-hydrogen) atoms. The molecule has 0 atom stereocenters. The van der Waals surface area contributed by atoms with E-state index in [2.05, 4.69) is 5.32 Å². The van der Waals surface area contributed by atoms with Gasteiger partial charge in [-0.2, -0.15) is 0 Å². The van der Waals surface area contributed by atoms with Crippen molar-refractivity contribution in [3.05, 3.63) is 59.1 Å². The average molecular weight is 419 g/mol. The van der Waals surface area contributed by atoms with Crippen LogP contribution in [0.5, 0.6) is 5.75 Å². The Bertz CT molecular complexity index is 877. The maximum Gasteiger partial charge on any atom is 0.350 e. The van der Waals surface area contributed by atoms with Crippen molar-refractivity contribution in [3.8, 4) is 5.75 Å². The molecule has 8 heteroatoms. The standard InChI is InChI=1S/C21H23ClN2O5/c1-21(2,29-17-11-7-15(22)8-12-17)20(27)28-13-18(25)23-16-9-5-14(6-10-16)19(26)24(3)4/h5-12H,13H2,1-4H3,(H,23,25). The van der Waals surface area contributed by atoms with Crippen LogP contribution < -0.4 is 10.1 Å². The van der Waals surface area contributed by atoms with Crippen LogP contribution in [-0.2, 0) is 14.3 Å². The van der Waals surface area contributed by atoms with Crippen LogP contribution in [0.15, 0.2) is 48.5 Å². The number of hydrogen-bond donors (Lipinski definition) is 1. The Hall–Kier alpha value is -3.06. The minimum atomic E-state index is -1.29. The number of halogens is 1. The highest BCUT2D eigenvalue weighted by atomic mass is 35.5. The van der Waals surface area contributed by atoms with Gasteiger partial charge in [-0.3, -0.25) is 9.59 Å². The summed E-state index contributed by atoms with van der Waals surface area (Å²) in [5, 5.41) is 3.15. The summed E-state index contributed by atoms with van der Waals surface area (Å²) in [4.78, 5) is 37.6. The topological polar surface area (TPSA) is 84.9 Å². The summed E-state index contributed by atoms with van der Waals surface area (Å²) in [5.74, 6) is -0.880. The fraction of sp³-hybridized carbons (Fsp3) is 0.286. The van der Waals surface area contributed by atoms with E-state index in [4.69, 9.17) is 21.1 Å². The highest BCUT2D eigenvalue weighted by Gasteiger charge is 2.32. The van der Waals surface area contributed by atoms with Crippen molar-refractivity contribution < 1.29 is 23.9 Å². The predicted octanol–water partition coefficient (Wildman–Crippen LogP) is 3.38. The lowest BCUT2D eigenvalue weighted by Gasteiger charge is -2.24. The molecule has 0 saturated heterocycles. The third kappa shape index (κ3) is 6.50. The van der Waals surface area contributed by atoms with Gasteiger partial charge in [-0.25, -0.2) is 4.79 Å². The van der Waals surface area contributed by atoms with E-state index < -0.39 is 24.1 Å². The van der Waals surface area contributed by atoms with Crippen molar-refractivity contribution in [1.29, 1.82) is 0 Å². The quantitative estimate of drug-likeness (QED) is 0.697. The molecule has 0 fully saturated rings. The molecule has 154 valence electrons. The minimum absolute atomic E-state index is 0.139. The Morgan fingerprint density at radius 3 is 2.14 bits per heavy atom. The monoisotopic (exact) mass is 418 g/mol. The third-order valence-corrected chi connectivity index (χ3v) is 4.09. The van der Waals surface area contributed by atoms with Gasteiger partial charge in [-0.15, -0.1) is 0 Å². The molecule has 0 aliphatic heterocycles. The summed E-state index contributed by atoms with van der Waals surface area (Å²) in [5.41, 5.74) is -0.305. The second-order valence-corrected chi connectivity index (χ2v) is 7.40. The second-order valence-electron chi connectivity index (χ2n) is 6.97. The van der Waals surface area contributed by atoms with Gasteiger partial charge in [0.15, 0.2) is 12.2 Å². The molecule has 1 N–H and O–H groups in total. The molecule has 7 nitrogen and oxygen atoms in total. The number of rotatable bonds is 7. The first-order chi connectivity index (χ1) is 13.6. The number of esters is 1. The van der Waals surface area contributed by atoms with Crippen LogP contribution in [0.3, 0.4) is 0 Å². The number of benzene rings is 2. The van der Waals surface area contributed by atoms with Gasteiger partial charge in [0, 0.05) is 30.4 Å². The zero-order valence-corrected chi connectivity index (χ0v) is 17.4. The molecule has 2 rings (SSSR count). The van der Waals surface area contributed by atoms with Gasteiger partial charge in [0.25, 0.3) is 11.8 Å². The number of amides is 2. The maximum atomic E-state index is 12.3. The first-order valence-corrected chi connectivity index (χ1v) is 9.19. The van der Waals surface area contributed by atoms with Crippen LogP contribution in [0.1, 0.15) is 24.2 Å². The number of nitrogens with one attached hydrogen (secondary N) is 1. The van der Waals surface area contributed by atoms with Gasteiger partial charge in [-0.1, -0.05) is 11.6 Å². The molecule has 0 spiro atoms. The van der Waals surface area contributed by atoms with E-state index in [9.17, 15) is 14.4 Å². The number of hydrogen-bond acceptors (Lipinski definition) is 5. The van der Waals surface area contributed by atoms with E-state index in [-0.39, 0.29) is 5.91 Å². The van der Waals surface area contributed by atoms with Crippen molar-refractivity contribution in [2.75, 3.05) is 26.0 Å². The first-order valence-electron chi connectivity index (χ1n) is 8.82. The molecule has 2 amide bonds. The fourth-order valence-electron chi connectivity index (χ4n) is 2.30. The molecular formula is C21H23ClN2O5. The van der Waals surface area contributed by atoms with Crippen LogP contribution in [0.2, 0.25) is 5.02 Å². The number of carbonyl (C=O) groups excluding carboxylic acids is 3. The summed E-state index contributed by atoms with van der Waals surface area (Å²) in [7, 11) is 3.31. The van der Waals surface area contributed by atoms with Crippen LogP contribution in [0.4, 0.5) is 5.69 Å². The Balaban J connectivity index is 1.86. The van der Waals surface area contributed by atoms with E-state index in [1.165, 1.54) is 4.90 Å². The van der Waals surface area contributed by atoms with Crippen LogP contribution in [0, 0.1) is 0 Å². The number of carbonyl (C=O) groups is 3. The lowest BCUT2D eigenvalue weighted by Crippen LogP contribution is -2.41. The molecule has 0 aliphatic carbocycles. The minimum Gasteiger partial charge on any atom is -0.476 e. The molecule has 0 aromatic heterocycles. The lowest BCUT2D eigenvalue weighted by atomic mass is 10.1. The molecule has 0 radical (unpaired) electrons. The smallest absolute Gasteiger partial charge is 0.350 e. The molecule has 0 bridgehead atoms. The van der Waals surface area contributed by atoms with Crippen molar-refractivity contribution in [2.24, 2.45) is 0 Å². The van der Waals surface area contributed by atoms with Crippen LogP contribution in [-0.4, -0.2) is 49.0 Å². The number of ether oxygens (including phenoxy) is 2. The average Bonchev–Trinajstić information content (AvgIpc) is 2.67. The van der Waals surface area contributed by atoms with Gasteiger partial charge in [0.1, 0.15) is 5.75 Å². The van der Waals surface area contributed by atoms with Crippen molar-refractivity contribution >= 4 is 35.1 Å². The fourth-order valence-corrected chi connectivity index (χ4v) is 2.42. The molecule has 2 aromatic rings. The summed E-state index contributed by atoms with van der Waals surface area (Å²) in [6, 6.07) is 13.0. The van der Waals surface area contributed by atoms with Crippen LogP contribution in [0.25, 0.3) is 0 Å². The van der Waals surface area contributed by atoms with E-state index >= 15 is 0 Å². The van der Waals surface area contributed by atoms with E-state index in [0.717, 1.165) is 0 Å². The first kappa shape index (κ1) is 22.2. The lowest BCUT2D eigenvalue weighted by molar-refractivity contribution is -0.161. The Morgan fingerprint density at radius 2 is 1.59 bits per heavy atom. The summed E-state index contributed by atoms with van der Waals surface area (Å²) in [6.07, 6.45) is 0. The van der Waals surface area contributed by atoms with Gasteiger partial charge in [0.05, 0.1) is 0 Å². The van der Waals surface area contributed by atoms with Gasteiger partial charge in [0.2, 0.25) is 0 Å². The SMILES string of the molecule is CN(C)C(=O)c1ccc(NC(=O)COC(=O)C(C)(C)Oc2ccc(Cl)cc2)cc1.